The van der Waals surface area contributed by atoms with E-state index in [0.29, 0.717) is 6.54 Å². The highest BCUT2D eigenvalue weighted by Crippen LogP contribution is 2.51. The van der Waals surface area contributed by atoms with E-state index in [4.69, 9.17) is 19.9 Å². The van der Waals surface area contributed by atoms with Crippen molar-refractivity contribution in [2.75, 3.05) is 40.1 Å². The number of aryl methyl sites for hydroxylation is 1. The van der Waals surface area contributed by atoms with Crippen LogP contribution < -0.4 is 10.5 Å². The van der Waals surface area contributed by atoms with E-state index in [2.05, 4.69) is 19.1 Å². The van der Waals surface area contributed by atoms with E-state index >= 15 is 0 Å². The molecule has 0 unspecified atom stereocenters. The number of nitrogens with two attached hydrogens (primary N) is 1. The minimum Gasteiger partial charge on any atom is -0.496 e. The van der Waals surface area contributed by atoms with Gasteiger partial charge in [0.25, 0.3) is 0 Å². The van der Waals surface area contributed by atoms with Crippen LogP contribution in [0.5, 0.6) is 5.75 Å². The maximum atomic E-state index is 6.04. The molecule has 0 amide bonds. The van der Waals surface area contributed by atoms with Crippen LogP contribution in [0.25, 0.3) is 0 Å². The number of hydrogen-bond donors (Lipinski definition) is 1. The molecular weight excluding hydrogens is 242 g/mol. The first-order valence-corrected chi connectivity index (χ1v) is 6.68. The SMILES string of the molecule is COc1ccc(C2(C3(CN)COC3)COC2)cc1C. The van der Waals surface area contributed by atoms with Gasteiger partial charge in [0.15, 0.2) is 0 Å². The quantitative estimate of drug-likeness (QED) is 0.888. The molecular formula is C15H21NO3. The van der Waals surface area contributed by atoms with Gasteiger partial charge in [-0.15, -0.1) is 0 Å². The molecule has 0 atom stereocenters. The maximum Gasteiger partial charge on any atom is 0.121 e. The molecule has 4 heteroatoms. The Morgan fingerprint density at radius 1 is 1.21 bits per heavy atom. The van der Waals surface area contributed by atoms with E-state index in [-0.39, 0.29) is 10.8 Å². The highest BCUT2D eigenvalue weighted by Gasteiger charge is 2.60. The standard InChI is InChI=1S/C15H21NO3/c1-11-5-12(3-4-13(11)17-2)15(9-19-10-15)14(6-16)7-18-8-14/h3-5H,6-10,16H2,1-2H3. The Morgan fingerprint density at radius 2 is 1.89 bits per heavy atom. The molecule has 2 heterocycles. The first kappa shape index (κ1) is 12.9. The van der Waals surface area contributed by atoms with Gasteiger partial charge in [0, 0.05) is 12.0 Å². The van der Waals surface area contributed by atoms with E-state index in [0.717, 1.165) is 37.7 Å². The largest absolute Gasteiger partial charge is 0.496 e. The molecule has 4 nitrogen and oxygen atoms in total. The average Bonchev–Trinajstić information content (AvgIpc) is 2.31. The Balaban J connectivity index is 2.00. The van der Waals surface area contributed by atoms with Crippen LogP contribution in [-0.4, -0.2) is 40.1 Å². The zero-order valence-electron chi connectivity index (χ0n) is 11.6. The summed E-state index contributed by atoms with van der Waals surface area (Å²) in [4.78, 5) is 0. The molecule has 0 aliphatic carbocycles. The Labute approximate surface area is 113 Å². The molecule has 2 aliphatic heterocycles. The summed E-state index contributed by atoms with van der Waals surface area (Å²) >= 11 is 0. The molecule has 104 valence electrons. The van der Waals surface area contributed by atoms with Crippen LogP contribution in [-0.2, 0) is 14.9 Å². The average molecular weight is 263 g/mol. The van der Waals surface area contributed by atoms with Crippen molar-refractivity contribution in [1.29, 1.82) is 0 Å². The lowest BCUT2D eigenvalue weighted by Gasteiger charge is -2.59. The second-order valence-corrected chi connectivity index (χ2v) is 5.74. The van der Waals surface area contributed by atoms with Gasteiger partial charge in [-0.1, -0.05) is 12.1 Å². The maximum absolute atomic E-state index is 6.04. The number of rotatable bonds is 4. The fourth-order valence-corrected chi connectivity index (χ4v) is 3.20. The molecule has 2 fully saturated rings. The van der Waals surface area contributed by atoms with Gasteiger partial charge < -0.3 is 19.9 Å². The van der Waals surface area contributed by atoms with Crippen LogP contribution in [0.15, 0.2) is 18.2 Å². The van der Waals surface area contributed by atoms with Gasteiger partial charge in [-0.3, -0.25) is 0 Å². The third-order valence-electron chi connectivity index (χ3n) is 4.81. The van der Waals surface area contributed by atoms with Gasteiger partial charge in [-0.05, 0) is 24.1 Å². The second kappa shape index (κ2) is 4.47. The minimum absolute atomic E-state index is 0.0109. The fraction of sp³-hybridized carbons (Fsp3) is 0.600. The number of methoxy groups -OCH3 is 1. The van der Waals surface area contributed by atoms with E-state index < -0.39 is 0 Å². The third kappa shape index (κ3) is 1.64. The summed E-state index contributed by atoms with van der Waals surface area (Å²) in [6.07, 6.45) is 0. The Bertz CT molecular complexity index is 473. The molecule has 0 radical (unpaired) electrons. The summed E-state index contributed by atoms with van der Waals surface area (Å²) in [5.74, 6) is 0.922. The van der Waals surface area contributed by atoms with Crippen LogP contribution in [0, 0.1) is 12.3 Å². The first-order valence-electron chi connectivity index (χ1n) is 6.68. The summed E-state index contributed by atoms with van der Waals surface area (Å²) in [6.45, 7) is 5.65. The Morgan fingerprint density at radius 3 is 2.26 bits per heavy atom. The zero-order chi connectivity index (χ0) is 13.5. The molecule has 2 aliphatic rings. The molecule has 19 heavy (non-hydrogen) atoms. The monoisotopic (exact) mass is 263 g/mol. The van der Waals surface area contributed by atoms with Crippen molar-refractivity contribution in [3.05, 3.63) is 29.3 Å². The van der Waals surface area contributed by atoms with Crippen molar-refractivity contribution in [3.8, 4) is 5.75 Å². The summed E-state index contributed by atoms with van der Waals surface area (Å²) in [6, 6.07) is 6.38. The van der Waals surface area contributed by atoms with Crippen molar-refractivity contribution < 1.29 is 14.2 Å². The third-order valence-corrected chi connectivity index (χ3v) is 4.81. The van der Waals surface area contributed by atoms with Crippen LogP contribution in [0.3, 0.4) is 0 Å². The predicted octanol–water partition coefficient (Wildman–Crippen LogP) is 1.25. The van der Waals surface area contributed by atoms with Crippen LogP contribution in [0.4, 0.5) is 0 Å². The molecule has 1 aromatic rings. The Kier molecular flexibility index (Phi) is 3.04. The lowest BCUT2D eigenvalue weighted by Crippen LogP contribution is -2.69. The Hall–Kier alpha value is -1.10. The topological polar surface area (TPSA) is 53.7 Å². The number of ether oxygens (including phenoxy) is 3. The van der Waals surface area contributed by atoms with Crippen LogP contribution in [0.1, 0.15) is 11.1 Å². The predicted molar refractivity (Wildman–Crippen MR) is 72.5 cm³/mol. The van der Waals surface area contributed by atoms with E-state index in [1.54, 1.807) is 7.11 Å². The van der Waals surface area contributed by atoms with E-state index in [1.807, 2.05) is 6.07 Å². The van der Waals surface area contributed by atoms with Crippen LogP contribution >= 0.6 is 0 Å². The molecule has 0 saturated carbocycles. The number of benzene rings is 1. The number of hydrogen-bond acceptors (Lipinski definition) is 4. The highest BCUT2D eigenvalue weighted by molar-refractivity contribution is 5.42. The molecule has 0 aromatic heterocycles. The minimum atomic E-state index is 0.0109. The van der Waals surface area contributed by atoms with Gasteiger partial charge in [-0.2, -0.15) is 0 Å². The highest BCUT2D eigenvalue weighted by atomic mass is 16.5. The first-order chi connectivity index (χ1) is 9.17. The molecule has 0 spiro atoms. The molecule has 2 saturated heterocycles. The molecule has 3 rings (SSSR count). The van der Waals surface area contributed by atoms with E-state index in [9.17, 15) is 0 Å². The van der Waals surface area contributed by atoms with E-state index in [1.165, 1.54) is 5.56 Å². The van der Waals surface area contributed by atoms with Crippen LogP contribution in [0.2, 0.25) is 0 Å². The van der Waals surface area contributed by atoms with Gasteiger partial charge in [-0.25, -0.2) is 0 Å². The molecule has 0 bridgehead atoms. The van der Waals surface area contributed by atoms with Crippen molar-refractivity contribution >= 4 is 0 Å². The van der Waals surface area contributed by atoms with Gasteiger partial charge in [0.2, 0.25) is 0 Å². The van der Waals surface area contributed by atoms with Crippen molar-refractivity contribution in [2.45, 2.75) is 12.3 Å². The summed E-state index contributed by atoms with van der Waals surface area (Å²) in [7, 11) is 1.70. The lowest BCUT2D eigenvalue weighted by molar-refractivity contribution is -0.223. The summed E-state index contributed by atoms with van der Waals surface area (Å²) in [5, 5.41) is 0. The fourth-order valence-electron chi connectivity index (χ4n) is 3.20. The summed E-state index contributed by atoms with van der Waals surface area (Å²) in [5.41, 5.74) is 8.53. The smallest absolute Gasteiger partial charge is 0.121 e. The van der Waals surface area contributed by atoms with Gasteiger partial charge in [0.1, 0.15) is 5.75 Å². The van der Waals surface area contributed by atoms with Crippen molar-refractivity contribution in [1.82, 2.24) is 0 Å². The summed E-state index contributed by atoms with van der Waals surface area (Å²) < 4.78 is 16.3. The lowest BCUT2D eigenvalue weighted by atomic mass is 9.57. The van der Waals surface area contributed by atoms with Gasteiger partial charge in [0.05, 0.1) is 39.0 Å². The zero-order valence-corrected chi connectivity index (χ0v) is 11.6. The second-order valence-electron chi connectivity index (χ2n) is 5.74. The van der Waals surface area contributed by atoms with Crippen molar-refractivity contribution in [2.24, 2.45) is 11.1 Å². The molecule has 1 aromatic carbocycles. The molecule has 2 N–H and O–H groups in total. The normalized spacial score (nSPS) is 23.3. The van der Waals surface area contributed by atoms with Crippen molar-refractivity contribution in [3.63, 3.8) is 0 Å². The van der Waals surface area contributed by atoms with Gasteiger partial charge >= 0.3 is 0 Å².